The molecule has 98 valence electrons. The Morgan fingerprint density at radius 2 is 1.80 bits per heavy atom. The molecular formula is C16H10Cl2N2. The summed E-state index contributed by atoms with van der Waals surface area (Å²) >= 11 is 11.9. The predicted molar refractivity (Wildman–Crippen MR) is 79.7 cm³/mol. The van der Waals surface area contributed by atoms with E-state index < -0.39 is 0 Å². The maximum atomic E-state index is 9.34. The molecule has 0 fully saturated rings. The lowest BCUT2D eigenvalue weighted by Crippen LogP contribution is -2.01. The molecule has 0 bridgehead atoms. The highest BCUT2D eigenvalue weighted by molar-refractivity contribution is 6.42. The minimum atomic E-state index is -0.319. The van der Waals surface area contributed by atoms with Crippen molar-refractivity contribution in [1.82, 2.24) is 0 Å². The average Bonchev–Trinajstić information content (AvgIpc) is 2.48. The second-order valence-electron chi connectivity index (χ2n) is 4.37. The monoisotopic (exact) mass is 300 g/mol. The molecule has 2 aromatic rings. The minimum absolute atomic E-state index is 0.319. The van der Waals surface area contributed by atoms with Crippen LogP contribution in [0.5, 0.6) is 0 Å². The van der Waals surface area contributed by atoms with Crippen molar-refractivity contribution in [3.05, 3.63) is 69.2 Å². The zero-order valence-electron chi connectivity index (χ0n) is 10.5. The van der Waals surface area contributed by atoms with E-state index in [9.17, 15) is 5.26 Å². The van der Waals surface area contributed by atoms with E-state index in [-0.39, 0.29) is 5.92 Å². The second kappa shape index (κ2) is 6.44. The van der Waals surface area contributed by atoms with Gasteiger partial charge in [0.1, 0.15) is 0 Å². The summed E-state index contributed by atoms with van der Waals surface area (Å²) in [7, 11) is 0. The fraction of sp³-hybridized carbons (Fsp3) is 0.125. The summed E-state index contributed by atoms with van der Waals surface area (Å²) in [5.74, 6) is -0.319. The lowest BCUT2D eigenvalue weighted by molar-refractivity contribution is 0.849. The molecule has 0 aromatic heterocycles. The standard InChI is InChI=1S/C16H10Cl2N2/c17-15-5-4-11(8-16(15)18)6-14(10-20)13-3-1-2-12(7-13)9-19/h1-5,7-8,14H,6H2. The van der Waals surface area contributed by atoms with Crippen molar-refractivity contribution in [2.45, 2.75) is 12.3 Å². The lowest BCUT2D eigenvalue weighted by atomic mass is 9.92. The van der Waals surface area contributed by atoms with Gasteiger partial charge in [-0.3, -0.25) is 0 Å². The van der Waals surface area contributed by atoms with Crippen molar-refractivity contribution in [2.75, 3.05) is 0 Å². The van der Waals surface area contributed by atoms with E-state index in [1.54, 1.807) is 30.3 Å². The van der Waals surface area contributed by atoms with E-state index in [1.165, 1.54) is 0 Å². The average molecular weight is 301 g/mol. The summed E-state index contributed by atoms with van der Waals surface area (Å²) in [5.41, 5.74) is 2.32. The number of nitrogens with zero attached hydrogens (tertiary/aromatic N) is 2. The highest BCUT2D eigenvalue weighted by Gasteiger charge is 2.13. The first kappa shape index (κ1) is 14.4. The number of hydrogen-bond donors (Lipinski definition) is 0. The molecule has 0 saturated heterocycles. The van der Waals surface area contributed by atoms with Crippen LogP contribution in [-0.4, -0.2) is 0 Å². The van der Waals surface area contributed by atoms with E-state index in [2.05, 4.69) is 12.1 Å². The van der Waals surface area contributed by atoms with Crippen molar-refractivity contribution in [3.8, 4) is 12.1 Å². The summed E-state index contributed by atoms with van der Waals surface area (Å²) in [5, 5.41) is 19.2. The Kier molecular flexibility index (Phi) is 4.64. The summed E-state index contributed by atoms with van der Waals surface area (Å²) in [4.78, 5) is 0. The Bertz CT molecular complexity index is 711. The first-order valence-corrected chi connectivity index (χ1v) is 6.73. The number of hydrogen-bond acceptors (Lipinski definition) is 2. The largest absolute Gasteiger partial charge is 0.198 e. The Hall–Kier alpha value is -2.00. The molecule has 2 aromatic carbocycles. The van der Waals surface area contributed by atoms with Crippen LogP contribution in [0.2, 0.25) is 10.0 Å². The van der Waals surface area contributed by atoms with Crippen molar-refractivity contribution in [1.29, 1.82) is 10.5 Å². The minimum Gasteiger partial charge on any atom is -0.198 e. The van der Waals surface area contributed by atoms with Gasteiger partial charge in [-0.25, -0.2) is 0 Å². The first-order chi connectivity index (χ1) is 9.63. The smallest absolute Gasteiger partial charge is 0.0991 e. The third kappa shape index (κ3) is 3.31. The number of benzene rings is 2. The Morgan fingerprint density at radius 1 is 1.00 bits per heavy atom. The summed E-state index contributed by atoms with van der Waals surface area (Å²) in [6, 6.07) is 16.8. The fourth-order valence-electron chi connectivity index (χ4n) is 1.97. The Morgan fingerprint density at radius 3 is 2.45 bits per heavy atom. The highest BCUT2D eigenvalue weighted by atomic mass is 35.5. The quantitative estimate of drug-likeness (QED) is 0.824. The predicted octanol–water partition coefficient (Wildman–Crippen LogP) is 4.71. The zero-order chi connectivity index (χ0) is 14.5. The van der Waals surface area contributed by atoms with E-state index >= 15 is 0 Å². The molecule has 1 atom stereocenters. The maximum Gasteiger partial charge on any atom is 0.0991 e. The van der Waals surface area contributed by atoms with E-state index in [0.717, 1.165) is 11.1 Å². The molecule has 0 N–H and O–H groups in total. The second-order valence-corrected chi connectivity index (χ2v) is 5.19. The van der Waals surface area contributed by atoms with Crippen LogP contribution >= 0.6 is 23.2 Å². The van der Waals surface area contributed by atoms with Crippen LogP contribution in [0.1, 0.15) is 22.6 Å². The van der Waals surface area contributed by atoms with Crippen LogP contribution in [0.25, 0.3) is 0 Å². The van der Waals surface area contributed by atoms with Gasteiger partial charge < -0.3 is 0 Å². The van der Waals surface area contributed by atoms with Crippen LogP contribution in [-0.2, 0) is 6.42 Å². The van der Waals surface area contributed by atoms with Crippen LogP contribution in [0.3, 0.4) is 0 Å². The number of nitriles is 2. The fourth-order valence-corrected chi connectivity index (χ4v) is 2.29. The number of rotatable bonds is 3. The van der Waals surface area contributed by atoms with Gasteiger partial charge in [-0.15, -0.1) is 0 Å². The van der Waals surface area contributed by atoms with Gasteiger partial charge in [0, 0.05) is 0 Å². The Balaban J connectivity index is 2.27. The SMILES string of the molecule is N#Cc1cccc(C(C#N)Cc2ccc(Cl)c(Cl)c2)c1. The topological polar surface area (TPSA) is 47.6 Å². The van der Waals surface area contributed by atoms with E-state index in [1.807, 2.05) is 12.1 Å². The molecule has 0 saturated carbocycles. The van der Waals surface area contributed by atoms with Gasteiger partial charge in [-0.1, -0.05) is 41.4 Å². The van der Waals surface area contributed by atoms with Gasteiger partial charge in [-0.2, -0.15) is 10.5 Å². The van der Waals surface area contributed by atoms with Gasteiger partial charge in [-0.05, 0) is 41.8 Å². The normalized spacial score (nSPS) is 11.4. The van der Waals surface area contributed by atoms with Crippen molar-refractivity contribution in [2.24, 2.45) is 0 Å². The van der Waals surface area contributed by atoms with Gasteiger partial charge >= 0.3 is 0 Å². The zero-order valence-corrected chi connectivity index (χ0v) is 12.0. The van der Waals surface area contributed by atoms with E-state index in [4.69, 9.17) is 28.5 Å². The first-order valence-electron chi connectivity index (χ1n) is 5.97. The molecule has 0 aliphatic carbocycles. The molecule has 0 spiro atoms. The Labute approximate surface area is 127 Å². The van der Waals surface area contributed by atoms with Gasteiger partial charge in [0.05, 0.1) is 33.7 Å². The third-order valence-electron chi connectivity index (χ3n) is 3.00. The summed E-state index contributed by atoms with van der Waals surface area (Å²) in [6.45, 7) is 0. The number of halogens is 2. The third-order valence-corrected chi connectivity index (χ3v) is 3.74. The highest BCUT2D eigenvalue weighted by Crippen LogP contribution is 2.26. The maximum absolute atomic E-state index is 9.34. The molecule has 0 aliphatic heterocycles. The van der Waals surface area contributed by atoms with Crippen LogP contribution < -0.4 is 0 Å². The van der Waals surface area contributed by atoms with Crippen molar-refractivity contribution < 1.29 is 0 Å². The molecule has 0 radical (unpaired) electrons. The molecule has 4 heteroatoms. The van der Waals surface area contributed by atoms with Gasteiger partial charge in [0.2, 0.25) is 0 Å². The summed E-state index contributed by atoms with van der Waals surface area (Å²) in [6.07, 6.45) is 0.530. The molecule has 20 heavy (non-hydrogen) atoms. The van der Waals surface area contributed by atoms with Crippen molar-refractivity contribution in [3.63, 3.8) is 0 Å². The molecular weight excluding hydrogens is 291 g/mol. The van der Waals surface area contributed by atoms with Gasteiger partial charge in [0.25, 0.3) is 0 Å². The summed E-state index contributed by atoms with van der Waals surface area (Å²) < 4.78 is 0. The van der Waals surface area contributed by atoms with Crippen LogP contribution in [0.15, 0.2) is 42.5 Å². The molecule has 2 nitrogen and oxygen atoms in total. The van der Waals surface area contributed by atoms with Crippen LogP contribution in [0, 0.1) is 22.7 Å². The van der Waals surface area contributed by atoms with Crippen LogP contribution in [0.4, 0.5) is 0 Å². The van der Waals surface area contributed by atoms with Crippen molar-refractivity contribution >= 4 is 23.2 Å². The molecule has 0 heterocycles. The molecule has 2 rings (SSSR count). The van der Waals surface area contributed by atoms with E-state index in [0.29, 0.717) is 22.0 Å². The molecule has 0 aliphatic rings. The molecule has 0 amide bonds. The molecule has 1 unspecified atom stereocenters. The van der Waals surface area contributed by atoms with Gasteiger partial charge in [0.15, 0.2) is 0 Å². The lowest BCUT2D eigenvalue weighted by Gasteiger charge is -2.10.